The number of aromatic nitrogens is 2. The summed E-state index contributed by atoms with van der Waals surface area (Å²) in [5.41, 5.74) is 2.07. The van der Waals surface area contributed by atoms with E-state index in [0.29, 0.717) is 16.7 Å². The van der Waals surface area contributed by atoms with E-state index in [-0.39, 0.29) is 24.6 Å². The number of imidazole rings is 1. The van der Waals surface area contributed by atoms with Crippen LogP contribution in [0.4, 0.5) is 5.69 Å². The molecule has 0 aliphatic heterocycles. The number of carbonyl (C=O) groups excluding carboxylic acids is 3. The molecule has 0 aliphatic carbocycles. The van der Waals surface area contributed by atoms with Gasteiger partial charge in [0.25, 0.3) is 5.91 Å². The highest BCUT2D eigenvalue weighted by Crippen LogP contribution is 2.15. The maximum atomic E-state index is 12.2. The van der Waals surface area contributed by atoms with Crippen molar-refractivity contribution in [3.05, 3.63) is 64.6 Å². The molecule has 0 saturated heterocycles. The summed E-state index contributed by atoms with van der Waals surface area (Å²) >= 11 is 0. The number of hydrogen-bond acceptors (Lipinski definition) is 5. The smallest absolute Gasteiger partial charge is 0.326 e. The lowest BCUT2D eigenvalue weighted by Crippen LogP contribution is -2.36. The topological polar surface area (TPSA) is 133 Å². The maximum Gasteiger partial charge on any atom is 0.326 e. The highest BCUT2D eigenvalue weighted by atomic mass is 16.5. The van der Waals surface area contributed by atoms with Gasteiger partial charge in [-0.3, -0.25) is 14.4 Å². The average molecular weight is 396 g/mol. The fraction of sp³-hybridized carbons (Fsp3) is 0.200. The van der Waals surface area contributed by atoms with Crippen molar-refractivity contribution >= 4 is 34.5 Å². The Labute approximate surface area is 165 Å². The fourth-order valence-corrected chi connectivity index (χ4v) is 2.66. The van der Waals surface area contributed by atoms with E-state index in [1.54, 1.807) is 18.2 Å². The molecule has 2 amide bonds. The molecule has 1 atom stereocenters. The molecule has 1 aromatic heterocycles. The van der Waals surface area contributed by atoms with Gasteiger partial charge in [0.1, 0.15) is 6.54 Å². The van der Waals surface area contributed by atoms with Gasteiger partial charge in [-0.05, 0) is 30.7 Å². The molecule has 0 radical (unpaired) electrons. The van der Waals surface area contributed by atoms with Crippen molar-refractivity contribution < 1.29 is 19.1 Å². The second-order valence-electron chi connectivity index (χ2n) is 6.40. The molecule has 0 fully saturated rings. The first-order chi connectivity index (χ1) is 13.9. The molecule has 3 rings (SSSR count). The van der Waals surface area contributed by atoms with Crippen LogP contribution in [-0.2, 0) is 25.5 Å². The first-order valence-corrected chi connectivity index (χ1v) is 8.94. The van der Waals surface area contributed by atoms with Gasteiger partial charge in [0.05, 0.1) is 17.5 Å². The monoisotopic (exact) mass is 396 g/mol. The molecule has 0 unspecified atom stereocenters. The van der Waals surface area contributed by atoms with E-state index in [2.05, 4.69) is 20.6 Å². The third-order valence-electron chi connectivity index (χ3n) is 4.10. The lowest BCUT2D eigenvalue weighted by Gasteiger charge is -2.14. The Hall–Kier alpha value is -3.88. The van der Waals surface area contributed by atoms with Crippen molar-refractivity contribution in [3.8, 4) is 0 Å². The quantitative estimate of drug-likeness (QED) is 0.444. The third kappa shape index (κ3) is 5.55. The second kappa shape index (κ2) is 8.87. The normalized spacial score (nSPS) is 11.6. The number of fused-ring (bicyclic) bond motifs is 1. The van der Waals surface area contributed by atoms with Crippen molar-refractivity contribution in [2.24, 2.45) is 0 Å². The van der Waals surface area contributed by atoms with E-state index < -0.39 is 18.0 Å². The highest BCUT2D eigenvalue weighted by molar-refractivity contribution is 5.96. The third-order valence-corrected chi connectivity index (χ3v) is 4.10. The summed E-state index contributed by atoms with van der Waals surface area (Å²) in [6.45, 7) is 1.09. The standard InChI is InChI=1S/C20H20N4O5/c1-12(19(27)22-14-7-8-15-16(10-14)24-20(28)23-15)29-18(26)11-21-17(25)9-13-5-3-2-4-6-13/h2-8,10,12H,9,11H2,1H3,(H,21,25)(H,22,27)(H2,23,24,28)/t12-/m0/s1. The molecule has 29 heavy (non-hydrogen) atoms. The van der Waals surface area contributed by atoms with Crippen molar-refractivity contribution in [1.82, 2.24) is 15.3 Å². The molecular formula is C20H20N4O5. The van der Waals surface area contributed by atoms with Crippen LogP contribution in [-0.4, -0.2) is 40.4 Å². The molecule has 1 heterocycles. The number of benzene rings is 2. The summed E-state index contributed by atoms with van der Waals surface area (Å²) in [4.78, 5) is 52.4. The van der Waals surface area contributed by atoms with Crippen molar-refractivity contribution in [3.63, 3.8) is 0 Å². The van der Waals surface area contributed by atoms with Gasteiger partial charge in [-0.15, -0.1) is 0 Å². The number of rotatable bonds is 7. The number of H-pyrrole nitrogens is 2. The molecule has 3 aromatic rings. The molecule has 0 bridgehead atoms. The Morgan fingerprint density at radius 3 is 2.52 bits per heavy atom. The largest absolute Gasteiger partial charge is 0.451 e. The van der Waals surface area contributed by atoms with Crippen LogP contribution in [0.15, 0.2) is 53.3 Å². The summed E-state index contributed by atoms with van der Waals surface area (Å²) in [6.07, 6.45) is -0.914. The highest BCUT2D eigenvalue weighted by Gasteiger charge is 2.18. The number of aromatic amines is 2. The number of carbonyl (C=O) groups is 3. The first-order valence-electron chi connectivity index (χ1n) is 8.94. The summed E-state index contributed by atoms with van der Waals surface area (Å²) in [5.74, 6) is -1.58. The van der Waals surface area contributed by atoms with E-state index in [9.17, 15) is 19.2 Å². The van der Waals surface area contributed by atoms with Crippen molar-refractivity contribution in [2.75, 3.05) is 11.9 Å². The number of hydrogen-bond donors (Lipinski definition) is 4. The van der Waals surface area contributed by atoms with Crippen LogP contribution in [0, 0.1) is 0 Å². The Morgan fingerprint density at radius 1 is 1.03 bits per heavy atom. The van der Waals surface area contributed by atoms with Crippen LogP contribution in [0.5, 0.6) is 0 Å². The second-order valence-corrected chi connectivity index (χ2v) is 6.40. The van der Waals surface area contributed by atoms with Gasteiger partial charge in [0.15, 0.2) is 6.10 Å². The van der Waals surface area contributed by atoms with Crippen LogP contribution in [0.1, 0.15) is 12.5 Å². The zero-order valence-corrected chi connectivity index (χ0v) is 15.7. The SMILES string of the molecule is C[C@H](OC(=O)CNC(=O)Cc1ccccc1)C(=O)Nc1ccc2[nH]c(=O)[nH]c2c1. The minimum atomic E-state index is -1.06. The lowest BCUT2D eigenvalue weighted by molar-refractivity contribution is -0.152. The maximum absolute atomic E-state index is 12.2. The molecule has 9 nitrogen and oxygen atoms in total. The minimum absolute atomic E-state index is 0.147. The van der Waals surface area contributed by atoms with Crippen molar-refractivity contribution in [2.45, 2.75) is 19.4 Å². The van der Waals surface area contributed by atoms with Gasteiger partial charge in [-0.25, -0.2) is 4.79 Å². The predicted octanol–water partition coefficient (Wildman–Crippen LogP) is 1.09. The molecule has 150 valence electrons. The molecule has 0 spiro atoms. The number of ether oxygens (including phenoxy) is 1. The number of anilines is 1. The molecule has 9 heteroatoms. The van der Waals surface area contributed by atoms with E-state index in [1.165, 1.54) is 6.92 Å². The zero-order chi connectivity index (χ0) is 20.8. The summed E-state index contributed by atoms with van der Waals surface area (Å²) < 4.78 is 5.05. The van der Waals surface area contributed by atoms with Crippen LogP contribution in [0.2, 0.25) is 0 Å². The Balaban J connectivity index is 1.46. The van der Waals surface area contributed by atoms with E-state index in [0.717, 1.165) is 5.56 Å². The predicted molar refractivity (Wildman–Crippen MR) is 106 cm³/mol. The summed E-state index contributed by atoms with van der Waals surface area (Å²) in [5, 5.41) is 5.07. The first kappa shape index (κ1) is 19.9. The Bertz CT molecular complexity index is 1090. The lowest BCUT2D eigenvalue weighted by atomic mass is 10.1. The molecule has 0 saturated carbocycles. The van der Waals surface area contributed by atoms with Crippen molar-refractivity contribution in [1.29, 1.82) is 0 Å². The van der Waals surface area contributed by atoms with Crippen LogP contribution < -0.4 is 16.3 Å². The van der Waals surface area contributed by atoms with Gasteiger partial charge in [-0.2, -0.15) is 0 Å². The van der Waals surface area contributed by atoms with E-state index in [1.807, 2.05) is 30.3 Å². The van der Waals surface area contributed by atoms with Gasteiger partial charge < -0.3 is 25.3 Å². The van der Waals surface area contributed by atoms with E-state index in [4.69, 9.17) is 4.74 Å². The van der Waals surface area contributed by atoms with E-state index >= 15 is 0 Å². The molecule has 2 aromatic carbocycles. The minimum Gasteiger partial charge on any atom is -0.451 e. The summed E-state index contributed by atoms with van der Waals surface area (Å²) in [7, 11) is 0. The fourth-order valence-electron chi connectivity index (χ4n) is 2.66. The molecule has 0 aliphatic rings. The van der Waals surface area contributed by atoms with Crippen LogP contribution in [0.3, 0.4) is 0 Å². The zero-order valence-electron chi connectivity index (χ0n) is 15.7. The molecular weight excluding hydrogens is 376 g/mol. The van der Waals surface area contributed by atoms with Gasteiger partial charge in [-0.1, -0.05) is 30.3 Å². The number of nitrogens with one attached hydrogen (secondary N) is 4. The number of amides is 2. The van der Waals surface area contributed by atoms with Gasteiger partial charge >= 0.3 is 11.7 Å². The Kier molecular flexibility index (Phi) is 6.08. The average Bonchev–Trinajstić information content (AvgIpc) is 3.06. The van der Waals surface area contributed by atoms with Gasteiger partial charge in [0.2, 0.25) is 5.91 Å². The summed E-state index contributed by atoms with van der Waals surface area (Å²) in [6, 6.07) is 14.0. The Morgan fingerprint density at radius 2 is 1.76 bits per heavy atom. The van der Waals surface area contributed by atoms with Gasteiger partial charge in [0, 0.05) is 5.69 Å². The number of esters is 1. The van der Waals surface area contributed by atoms with Crippen LogP contribution >= 0.6 is 0 Å². The molecule has 4 N–H and O–H groups in total. The van der Waals surface area contributed by atoms with Crippen LogP contribution in [0.25, 0.3) is 11.0 Å².